The molecule has 1 aliphatic heterocycles. The Labute approximate surface area is 285 Å². The van der Waals surface area contributed by atoms with E-state index in [9.17, 15) is 28.8 Å². The fourth-order valence-corrected chi connectivity index (χ4v) is 6.08. The third-order valence-electron chi connectivity index (χ3n) is 8.71. The van der Waals surface area contributed by atoms with Crippen LogP contribution in [0.15, 0.2) is 43.0 Å². The van der Waals surface area contributed by atoms with E-state index < -0.39 is 41.5 Å². The van der Waals surface area contributed by atoms with Crippen molar-refractivity contribution in [3.63, 3.8) is 0 Å². The van der Waals surface area contributed by atoms with Gasteiger partial charge in [-0.15, -0.1) is 18.9 Å². The van der Waals surface area contributed by atoms with Crippen LogP contribution in [0.3, 0.4) is 0 Å². The van der Waals surface area contributed by atoms with E-state index in [2.05, 4.69) is 33.8 Å². The van der Waals surface area contributed by atoms with Crippen LogP contribution in [-0.4, -0.2) is 78.0 Å². The summed E-state index contributed by atoms with van der Waals surface area (Å²) in [7, 11) is 0. The summed E-state index contributed by atoms with van der Waals surface area (Å²) in [6.45, 7) is 11.2. The lowest BCUT2D eigenvalue weighted by Crippen LogP contribution is -2.61. The summed E-state index contributed by atoms with van der Waals surface area (Å²) in [6.07, 6.45) is 14.1. The molecule has 1 saturated carbocycles. The Morgan fingerprint density at radius 1 is 1.00 bits per heavy atom. The van der Waals surface area contributed by atoms with Crippen molar-refractivity contribution < 1.29 is 28.8 Å². The quantitative estimate of drug-likeness (QED) is 0.0778. The molecular formula is C37H53N5O6. The number of hydrogen-bond donors (Lipinski definition) is 4. The minimum absolute atomic E-state index is 0.0105. The van der Waals surface area contributed by atoms with Crippen LogP contribution >= 0.6 is 0 Å². The summed E-state index contributed by atoms with van der Waals surface area (Å²) in [5, 5.41) is 10.9. The van der Waals surface area contributed by atoms with Gasteiger partial charge in [0, 0.05) is 25.1 Å². The first-order chi connectivity index (χ1) is 22.8. The summed E-state index contributed by atoms with van der Waals surface area (Å²) in [5.41, 5.74) is -0.148. The van der Waals surface area contributed by atoms with E-state index in [-0.39, 0.29) is 23.4 Å². The van der Waals surface area contributed by atoms with Gasteiger partial charge in [0.05, 0.1) is 12.1 Å². The highest BCUT2D eigenvalue weighted by molar-refractivity contribution is 6.02. The number of ketones is 2. The Hall–Kier alpha value is -4.46. The average Bonchev–Trinajstić information content (AvgIpc) is 3.57. The second-order valence-corrected chi connectivity index (χ2v) is 13.4. The van der Waals surface area contributed by atoms with E-state index in [4.69, 9.17) is 6.42 Å². The number of urea groups is 1. The first-order valence-electron chi connectivity index (χ1n) is 16.8. The predicted molar refractivity (Wildman–Crippen MR) is 186 cm³/mol. The van der Waals surface area contributed by atoms with Gasteiger partial charge in [-0.1, -0.05) is 76.4 Å². The average molecular weight is 664 g/mol. The number of hydrogen-bond acceptors (Lipinski definition) is 6. The van der Waals surface area contributed by atoms with Crippen LogP contribution in [0.1, 0.15) is 95.8 Å². The van der Waals surface area contributed by atoms with Crippen molar-refractivity contribution in [2.24, 2.45) is 11.3 Å². The molecular weight excluding hydrogens is 610 g/mol. The summed E-state index contributed by atoms with van der Waals surface area (Å²) in [4.78, 5) is 77.1. The number of carbonyl (C=O) groups excluding carboxylic acids is 6. The topological polar surface area (TPSA) is 154 Å². The molecule has 1 heterocycles. The van der Waals surface area contributed by atoms with Crippen LogP contribution < -0.4 is 21.3 Å². The van der Waals surface area contributed by atoms with E-state index in [1.807, 2.05) is 26.8 Å². The zero-order chi connectivity index (χ0) is 35.7. The zero-order valence-corrected chi connectivity index (χ0v) is 28.9. The monoisotopic (exact) mass is 663 g/mol. The van der Waals surface area contributed by atoms with E-state index in [1.54, 1.807) is 30.3 Å². The Morgan fingerprint density at radius 3 is 2.21 bits per heavy atom. The van der Waals surface area contributed by atoms with Gasteiger partial charge in [0.15, 0.2) is 11.6 Å². The molecule has 1 aromatic rings. The Kier molecular flexibility index (Phi) is 16.6. The number of carbonyl (C=O) groups is 6. The molecule has 262 valence electrons. The molecule has 4 N–H and O–H groups in total. The maximum Gasteiger partial charge on any atom is 0.316 e. The third kappa shape index (κ3) is 12.3. The highest BCUT2D eigenvalue weighted by atomic mass is 16.2. The van der Waals surface area contributed by atoms with Crippen molar-refractivity contribution in [3.8, 4) is 12.3 Å². The number of terminal acetylenes is 1. The van der Waals surface area contributed by atoms with Gasteiger partial charge < -0.3 is 26.2 Å². The molecule has 0 radical (unpaired) electrons. The van der Waals surface area contributed by atoms with Crippen molar-refractivity contribution in [1.82, 2.24) is 26.2 Å². The van der Waals surface area contributed by atoms with Crippen LogP contribution in [0.5, 0.6) is 0 Å². The molecule has 1 saturated heterocycles. The van der Waals surface area contributed by atoms with Gasteiger partial charge in [0.1, 0.15) is 12.1 Å². The molecule has 2 fully saturated rings. The molecule has 0 aromatic heterocycles. The van der Waals surface area contributed by atoms with Crippen LogP contribution in [0.4, 0.5) is 4.79 Å². The Bertz CT molecular complexity index is 1290. The van der Waals surface area contributed by atoms with Crippen LogP contribution in [0.25, 0.3) is 0 Å². The SMILES string of the molecule is C#CCCC(NC(=O)C1CCCN1C(=O)C(NC(=O)NC(C(=O)c1ccccc1)C1CCCCC1)C(C)(C)C)C(C)=O.C=CCNC=O. The van der Waals surface area contributed by atoms with Crippen molar-refractivity contribution in [2.45, 2.75) is 110 Å². The molecule has 1 aliphatic carbocycles. The molecule has 0 bridgehead atoms. The maximum atomic E-state index is 13.9. The summed E-state index contributed by atoms with van der Waals surface area (Å²) in [6, 6.07) is 5.23. The minimum atomic E-state index is -0.949. The van der Waals surface area contributed by atoms with E-state index in [0.717, 1.165) is 32.1 Å². The fourth-order valence-electron chi connectivity index (χ4n) is 6.08. The summed E-state index contributed by atoms with van der Waals surface area (Å²) in [5.74, 6) is 1.39. The lowest BCUT2D eigenvalue weighted by molar-refractivity contribution is -0.142. The van der Waals surface area contributed by atoms with Gasteiger partial charge in [0.2, 0.25) is 18.2 Å². The van der Waals surface area contributed by atoms with E-state index in [0.29, 0.717) is 50.7 Å². The summed E-state index contributed by atoms with van der Waals surface area (Å²) < 4.78 is 0. The minimum Gasteiger partial charge on any atom is -0.355 e. The van der Waals surface area contributed by atoms with Crippen molar-refractivity contribution in [3.05, 3.63) is 48.6 Å². The van der Waals surface area contributed by atoms with Gasteiger partial charge in [0.25, 0.3) is 0 Å². The molecule has 5 amide bonds. The van der Waals surface area contributed by atoms with E-state index >= 15 is 0 Å². The molecule has 11 heteroatoms. The number of nitrogens with zero attached hydrogens (tertiary/aromatic N) is 1. The summed E-state index contributed by atoms with van der Waals surface area (Å²) >= 11 is 0. The lowest BCUT2D eigenvalue weighted by atomic mass is 9.81. The van der Waals surface area contributed by atoms with Crippen molar-refractivity contribution >= 4 is 35.8 Å². The van der Waals surface area contributed by atoms with Crippen molar-refractivity contribution in [1.29, 1.82) is 0 Å². The number of Topliss-reactive ketones (excluding diaryl/α,β-unsaturated/α-hetero) is 2. The predicted octanol–water partition coefficient (Wildman–Crippen LogP) is 3.93. The molecule has 1 aromatic carbocycles. The molecule has 4 unspecified atom stereocenters. The number of amides is 5. The van der Waals surface area contributed by atoms with Crippen molar-refractivity contribution in [2.75, 3.05) is 13.1 Å². The fraction of sp³-hybridized carbons (Fsp3) is 0.568. The molecule has 3 rings (SSSR count). The number of benzene rings is 1. The Balaban J connectivity index is 0.00000122. The number of nitrogens with one attached hydrogen (secondary N) is 4. The van der Waals surface area contributed by atoms with E-state index in [1.165, 1.54) is 11.8 Å². The molecule has 48 heavy (non-hydrogen) atoms. The highest BCUT2D eigenvalue weighted by Crippen LogP contribution is 2.29. The van der Waals surface area contributed by atoms with Crippen LogP contribution in [-0.2, 0) is 19.2 Å². The largest absolute Gasteiger partial charge is 0.355 e. The Morgan fingerprint density at radius 2 is 1.67 bits per heavy atom. The van der Waals surface area contributed by atoms with Gasteiger partial charge in [-0.3, -0.25) is 24.0 Å². The van der Waals surface area contributed by atoms with Gasteiger partial charge >= 0.3 is 6.03 Å². The van der Waals surface area contributed by atoms with Crippen LogP contribution in [0, 0.1) is 23.7 Å². The lowest BCUT2D eigenvalue weighted by Gasteiger charge is -2.36. The molecule has 11 nitrogen and oxygen atoms in total. The standard InChI is InChI=1S/C33H46N4O5.C4H7NO/c1-6-7-19-25(22(2)38)34-30(40)26-20-14-21-37(26)31(41)29(33(3,4)5)36-32(42)35-27(23-15-10-8-11-16-23)28(39)24-17-12-9-13-18-24;1-2-3-5-4-6/h1,9,12-13,17-18,23,25-27,29H,7-8,10-11,14-16,19-21H2,2-5H3,(H,34,40)(H2,35,36,42);2,4H,1,3H2,(H,5,6). The molecule has 4 atom stereocenters. The molecule has 0 spiro atoms. The van der Waals surface area contributed by atoms with Gasteiger partial charge in [-0.05, 0) is 50.4 Å². The first-order valence-corrected chi connectivity index (χ1v) is 16.8. The maximum absolute atomic E-state index is 13.9. The second kappa shape index (κ2) is 20.0. The second-order valence-electron chi connectivity index (χ2n) is 13.4. The zero-order valence-electron chi connectivity index (χ0n) is 28.9. The number of likely N-dealkylation sites (tertiary alicyclic amines) is 1. The number of rotatable bonds is 14. The van der Waals surface area contributed by atoms with Crippen LogP contribution in [0.2, 0.25) is 0 Å². The highest BCUT2D eigenvalue weighted by Gasteiger charge is 2.43. The third-order valence-corrected chi connectivity index (χ3v) is 8.71. The normalized spacial score (nSPS) is 18.0. The van der Waals surface area contributed by atoms with Gasteiger partial charge in [-0.25, -0.2) is 4.79 Å². The first kappa shape index (κ1) is 39.7. The van der Waals surface area contributed by atoms with Gasteiger partial charge in [-0.2, -0.15) is 0 Å². The molecule has 2 aliphatic rings. The smallest absolute Gasteiger partial charge is 0.316 e.